The molecule has 108 valence electrons. The van der Waals surface area contributed by atoms with Gasteiger partial charge in [-0.2, -0.15) is 0 Å². The highest BCUT2D eigenvalue weighted by Crippen LogP contribution is 2.27. The zero-order chi connectivity index (χ0) is 14.3. The highest BCUT2D eigenvalue weighted by atomic mass is 16.5. The number of benzene rings is 1. The van der Waals surface area contributed by atoms with Gasteiger partial charge in [-0.15, -0.1) is 0 Å². The predicted octanol–water partition coefficient (Wildman–Crippen LogP) is 2.65. The van der Waals surface area contributed by atoms with E-state index in [2.05, 4.69) is 18.7 Å². The Hall–Kier alpha value is -1.26. The van der Waals surface area contributed by atoms with Crippen LogP contribution in [0.2, 0.25) is 0 Å². The topological polar surface area (TPSA) is 41.9 Å². The van der Waals surface area contributed by atoms with Crippen LogP contribution in [0, 0.1) is 0 Å². The summed E-state index contributed by atoms with van der Waals surface area (Å²) in [5.74, 6) is 0.701. The van der Waals surface area contributed by atoms with Gasteiger partial charge in [-0.05, 0) is 31.0 Å². The van der Waals surface area contributed by atoms with E-state index in [9.17, 15) is 5.11 Å². The molecule has 1 unspecified atom stereocenters. The molecule has 0 heterocycles. The third kappa shape index (κ3) is 4.73. The quantitative estimate of drug-likeness (QED) is 0.786. The first-order chi connectivity index (χ1) is 9.12. The zero-order valence-corrected chi connectivity index (χ0v) is 12.3. The highest BCUT2D eigenvalue weighted by Gasteiger charge is 2.13. The SMILES string of the molecule is CCC(C)N(CCOC)Cc1ccc(OC)c(O)c1. The van der Waals surface area contributed by atoms with Crippen LogP contribution in [0.25, 0.3) is 0 Å². The van der Waals surface area contributed by atoms with Gasteiger partial charge in [0.2, 0.25) is 0 Å². The maximum atomic E-state index is 9.81. The Morgan fingerprint density at radius 2 is 2.05 bits per heavy atom. The molecule has 1 N–H and O–H groups in total. The van der Waals surface area contributed by atoms with Crippen LogP contribution in [0.4, 0.5) is 0 Å². The Balaban J connectivity index is 2.74. The van der Waals surface area contributed by atoms with Crippen LogP contribution >= 0.6 is 0 Å². The second kappa shape index (κ2) is 8.02. The second-order valence-corrected chi connectivity index (χ2v) is 4.73. The van der Waals surface area contributed by atoms with E-state index in [4.69, 9.17) is 9.47 Å². The number of ether oxygens (including phenoxy) is 2. The minimum Gasteiger partial charge on any atom is -0.504 e. The smallest absolute Gasteiger partial charge is 0.160 e. The van der Waals surface area contributed by atoms with Crippen molar-refractivity contribution in [3.63, 3.8) is 0 Å². The fraction of sp³-hybridized carbons (Fsp3) is 0.600. The molecule has 0 radical (unpaired) electrons. The van der Waals surface area contributed by atoms with Gasteiger partial charge < -0.3 is 14.6 Å². The van der Waals surface area contributed by atoms with Crippen molar-refractivity contribution in [1.82, 2.24) is 4.90 Å². The van der Waals surface area contributed by atoms with E-state index in [1.54, 1.807) is 26.4 Å². The highest BCUT2D eigenvalue weighted by molar-refractivity contribution is 5.41. The van der Waals surface area contributed by atoms with E-state index in [0.29, 0.717) is 18.4 Å². The first-order valence-corrected chi connectivity index (χ1v) is 6.71. The molecule has 0 aliphatic heterocycles. The number of hydrogen-bond donors (Lipinski definition) is 1. The van der Waals surface area contributed by atoms with Gasteiger partial charge in [-0.3, -0.25) is 4.90 Å². The lowest BCUT2D eigenvalue weighted by Gasteiger charge is -2.28. The van der Waals surface area contributed by atoms with Crippen LogP contribution in [0.3, 0.4) is 0 Å². The van der Waals surface area contributed by atoms with Crippen LogP contribution in [-0.2, 0) is 11.3 Å². The van der Waals surface area contributed by atoms with Crippen molar-refractivity contribution in [3.05, 3.63) is 23.8 Å². The molecule has 0 fully saturated rings. The number of phenolic OH excluding ortho intramolecular Hbond substituents is 1. The first-order valence-electron chi connectivity index (χ1n) is 6.71. The first kappa shape index (κ1) is 15.8. The summed E-state index contributed by atoms with van der Waals surface area (Å²) < 4.78 is 10.2. The van der Waals surface area contributed by atoms with Gasteiger partial charge in [0.25, 0.3) is 0 Å². The number of nitrogens with zero attached hydrogens (tertiary/aromatic N) is 1. The van der Waals surface area contributed by atoms with Crippen molar-refractivity contribution in [2.75, 3.05) is 27.4 Å². The average molecular weight is 267 g/mol. The fourth-order valence-electron chi connectivity index (χ4n) is 1.99. The molecule has 0 saturated heterocycles. The predicted molar refractivity (Wildman–Crippen MR) is 76.7 cm³/mol. The summed E-state index contributed by atoms with van der Waals surface area (Å²) >= 11 is 0. The van der Waals surface area contributed by atoms with Crippen molar-refractivity contribution in [2.24, 2.45) is 0 Å². The Labute approximate surface area is 115 Å². The van der Waals surface area contributed by atoms with Crippen molar-refractivity contribution < 1.29 is 14.6 Å². The molecule has 19 heavy (non-hydrogen) atoms. The maximum Gasteiger partial charge on any atom is 0.160 e. The monoisotopic (exact) mass is 267 g/mol. The Kier molecular flexibility index (Phi) is 6.67. The lowest BCUT2D eigenvalue weighted by Crippen LogP contribution is -2.34. The summed E-state index contributed by atoms with van der Waals surface area (Å²) in [6.45, 7) is 6.79. The molecular formula is C15H25NO3. The molecule has 0 aliphatic carbocycles. The van der Waals surface area contributed by atoms with Crippen molar-refractivity contribution >= 4 is 0 Å². The van der Waals surface area contributed by atoms with Crippen LogP contribution in [0.1, 0.15) is 25.8 Å². The molecule has 0 aromatic heterocycles. The van der Waals surface area contributed by atoms with Crippen LogP contribution in [0.5, 0.6) is 11.5 Å². The number of methoxy groups -OCH3 is 2. The Morgan fingerprint density at radius 3 is 2.58 bits per heavy atom. The minimum absolute atomic E-state index is 0.191. The molecular weight excluding hydrogens is 242 g/mol. The molecule has 0 saturated carbocycles. The summed E-state index contributed by atoms with van der Waals surface area (Å²) in [5.41, 5.74) is 1.08. The van der Waals surface area contributed by atoms with E-state index in [-0.39, 0.29) is 5.75 Å². The zero-order valence-electron chi connectivity index (χ0n) is 12.3. The second-order valence-electron chi connectivity index (χ2n) is 4.73. The van der Waals surface area contributed by atoms with Crippen LogP contribution in [0.15, 0.2) is 18.2 Å². The third-order valence-corrected chi connectivity index (χ3v) is 3.43. The summed E-state index contributed by atoms with van der Waals surface area (Å²) in [6, 6.07) is 6.04. The minimum atomic E-state index is 0.191. The molecule has 1 aromatic carbocycles. The van der Waals surface area contributed by atoms with E-state index < -0.39 is 0 Å². The number of aromatic hydroxyl groups is 1. The number of phenols is 1. The molecule has 1 atom stereocenters. The molecule has 0 amide bonds. The molecule has 4 nitrogen and oxygen atoms in total. The Morgan fingerprint density at radius 1 is 1.32 bits per heavy atom. The molecule has 4 heteroatoms. The van der Waals surface area contributed by atoms with Gasteiger partial charge in [0.15, 0.2) is 11.5 Å². The number of rotatable bonds is 8. The van der Waals surface area contributed by atoms with Gasteiger partial charge >= 0.3 is 0 Å². The van der Waals surface area contributed by atoms with Crippen molar-refractivity contribution in [1.29, 1.82) is 0 Å². The van der Waals surface area contributed by atoms with E-state index >= 15 is 0 Å². The maximum absolute atomic E-state index is 9.81. The summed E-state index contributed by atoms with van der Waals surface area (Å²) in [6.07, 6.45) is 1.09. The largest absolute Gasteiger partial charge is 0.504 e. The van der Waals surface area contributed by atoms with Crippen molar-refractivity contribution in [3.8, 4) is 11.5 Å². The van der Waals surface area contributed by atoms with Crippen LogP contribution < -0.4 is 4.74 Å². The van der Waals surface area contributed by atoms with Gasteiger partial charge in [0.05, 0.1) is 13.7 Å². The molecule has 0 bridgehead atoms. The van der Waals surface area contributed by atoms with Crippen molar-refractivity contribution in [2.45, 2.75) is 32.9 Å². The molecule has 0 spiro atoms. The summed E-state index contributed by atoms with van der Waals surface area (Å²) in [5, 5.41) is 9.81. The molecule has 1 aromatic rings. The average Bonchev–Trinajstić information content (AvgIpc) is 2.42. The van der Waals surface area contributed by atoms with Crippen LogP contribution in [-0.4, -0.2) is 43.4 Å². The lowest BCUT2D eigenvalue weighted by molar-refractivity contribution is 0.118. The number of hydrogen-bond acceptors (Lipinski definition) is 4. The van der Waals surface area contributed by atoms with Gasteiger partial charge in [-0.25, -0.2) is 0 Å². The normalized spacial score (nSPS) is 12.7. The van der Waals surface area contributed by atoms with E-state index in [1.165, 1.54) is 0 Å². The lowest BCUT2D eigenvalue weighted by atomic mass is 10.1. The summed E-state index contributed by atoms with van der Waals surface area (Å²) in [7, 11) is 3.27. The van der Waals surface area contributed by atoms with Gasteiger partial charge in [0, 0.05) is 26.2 Å². The Bertz CT molecular complexity index is 382. The standard InChI is InChI=1S/C15H25NO3/c1-5-12(2)16(8-9-18-3)11-13-6-7-15(19-4)14(17)10-13/h6-7,10,12,17H,5,8-9,11H2,1-4H3. The molecule has 0 aliphatic rings. The van der Waals surface area contributed by atoms with E-state index in [0.717, 1.165) is 25.1 Å². The fourth-order valence-corrected chi connectivity index (χ4v) is 1.99. The van der Waals surface area contributed by atoms with Gasteiger partial charge in [0.1, 0.15) is 0 Å². The third-order valence-electron chi connectivity index (χ3n) is 3.43. The summed E-state index contributed by atoms with van der Waals surface area (Å²) in [4.78, 5) is 2.35. The van der Waals surface area contributed by atoms with E-state index in [1.807, 2.05) is 6.07 Å². The molecule has 1 rings (SSSR count). The van der Waals surface area contributed by atoms with Gasteiger partial charge in [-0.1, -0.05) is 13.0 Å².